The Morgan fingerprint density at radius 2 is 1.73 bits per heavy atom. The number of ether oxygens (including phenoxy) is 2. The van der Waals surface area contributed by atoms with Crippen molar-refractivity contribution in [3.8, 4) is 5.75 Å². The molecule has 0 aliphatic heterocycles. The number of anilines is 1. The normalized spacial score (nSPS) is 12.3. The van der Waals surface area contributed by atoms with Crippen LogP contribution >= 0.6 is 0 Å². The van der Waals surface area contributed by atoms with Gasteiger partial charge in [-0.25, -0.2) is 8.42 Å². The van der Waals surface area contributed by atoms with E-state index in [9.17, 15) is 18.0 Å². The minimum atomic E-state index is -3.92. The number of hydrogen-bond donors (Lipinski definition) is 2. The van der Waals surface area contributed by atoms with Gasteiger partial charge in [0.15, 0.2) is 6.61 Å². The first-order valence-corrected chi connectivity index (χ1v) is 10.8. The van der Waals surface area contributed by atoms with Gasteiger partial charge in [-0.15, -0.1) is 0 Å². The van der Waals surface area contributed by atoms with Gasteiger partial charge in [-0.2, -0.15) is 4.72 Å². The van der Waals surface area contributed by atoms with E-state index in [0.29, 0.717) is 11.4 Å². The Balaban J connectivity index is 2.02. The van der Waals surface area contributed by atoms with Crippen molar-refractivity contribution in [3.63, 3.8) is 0 Å². The molecule has 0 saturated carbocycles. The lowest BCUT2D eigenvalue weighted by atomic mass is 10.1. The lowest BCUT2D eigenvalue weighted by molar-refractivity contribution is -0.150. The first kappa shape index (κ1) is 23.4. The molecule has 162 valence electrons. The Labute approximate surface area is 176 Å². The molecule has 0 heterocycles. The molecule has 0 aromatic heterocycles. The molecule has 0 spiro atoms. The monoisotopic (exact) mass is 434 g/mol. The molecule has 1 atom stereocenters. The number of aryl methyl sites for hydroxylation is 1. The molecule has 0 radical (unpaired) electrons. The number of benzene rings is 2. The summed E-state index contributed by atoms with van der Waals surface area (Å²) in [6.07, 6.45) is 0. The van der Waals surface area contributed by atoms with Crippen LogP contribution in [-0.2, 0) is 24.3 Å². The molecule has 1 amide bonds. The maximum absolute atomic E-state index is 12.5. The van der Waals surface area contributed by atoms with Crippen LogP contribution in [-0.4, -0.2) is 40.1 Å². The molecule has 0 bridgehead atoms. The van der Waals surface area contributed by atoms with Crippen LogP contribution in [0.1, 0.15) is 19.4 Å². The number of amides is 1. The number of rotatable bonds is 9. The second kappa shape index (κ2) is 10.2. The Morgan fingerprint density at radius 1 is 1.07 bits per heavy atom. The van der Waals surface area contributed by atoms with Gasteiger partial charge in [0, 0.05) is 0 Å². The van der Waals surface area contributed by atoms with Crippen molar-refractivity contribution < 1.29 is 27.5 Å². The van der Waals surface area contributed by atoms with Gasteiger partial charge < -0.3 is 14.8 Å². The summed E-state index contributed by atoms with van der Waals surface area (Å²) in [5, 5.41) is 2.62. The summed E-state index contributed by atoms with van der Waals surface area (Å²) in [6, 6.07) is 11.8. The van der Waals surface area contributed by atoms with Gasteiger partial charge in [-0.1, -0.05) is 38.1 Å². The largest absolute Gasteiger partial charge is 0.495 e. The van der Waals surface area contributed by atoms with Gasteiger partial charge in [0.25, 0.3) is 5.91 Å². The number of nitrogens with one attached hydrogen (secondary N) is 2. The summed E-state index contributed by atoms with van der Waals surface area (Å²) < 4.78 is 37.7. The summed E-state index contributed by atoms with van der Waals surface area (Å²) in [6.45, 7) is 4.65. The maximum Gasteiger partial charge on any atom is 0.324 e. The van der Waals surface area contributed by atoms with Crippen molar-refractivity contribution in [2.45, 2.75) is 31.7 Å². The zero-order chi connectivity index (χ0) is 22.3. The number of esters is 1. The molecular formula is C21H26N2O6S. The van der Waals surface area contributed by atoms with Crippen molar-refractivity contribution in [3.05, 3.63) is 54.1 Å². The molecule has 2 rings (SSSR count). The molecule has 0 fully saturated rings. The third-order valence-electron chi connectivity index (χ3n) is 4.23. The zero-order valence-corrected chi connectivity index (χ0v) is 18.2. The third-order valence-corrected chi connectivity index (χ3v) is 5.69. The van der Waals surface area contributed by atoms with E-state index in [2.05, 4.69) is 10.0 Å². The van der Waals surface area contributed by atoms with Crippen molar-refractivity contribution in [2.24, 2.45) is 5.92 Å². The third kappa shape index (κ3) is 6.30. The molecule has 0 unspecified atom stereocenters. The predicted octanol–water partition coefficient (Wildman–Crippen LogP) is 2.49. The summed E-state index contributed by atoms with van der Waals surface area (Å²) >= 11 is 0. The van der Waals surface area contributed by atoms with Gasteiger partial charge in [-0.05, 0) is 42.7 Å². The molecule has 30 heavy (non-hydrogen) atoms. The molecule has 2 N–H and O–H groups in total. The van der Waals surface area contributed by atoms with Crippen molar-refractivity contribution >= 4 is 27.6 Å². The fourth-order valence-corrected chi connectivity index (χ4v) is 3.98. The molecule has 9 heteroatoms. The van der Waals surface area contributed by atoms with Crippen LogP contribution in [0.3, 0.4) is 0 Å². The van der Waals surface area contributed by atoms with Crippen LogP contribution in [0.5, 0.6) is 5.75 Å². The molecular weight excluding hydrogens is 408 g/mol. The number of carbonyl (C=O) groups excluding carboxylic acids is 2. The van der Waals surface area contributed by atoms with Gasteiger partial charge in [0.1, 0.15) is 11.8 Å². The number of hydrogen-bond acceptors (Lipinski definition) is 6. The van der Waals surface area contributed by atoms with E-state index in [0.717, 1.165) is 5.56 Å². The summed E-state index contributed by atoms with van der Waals surface area (Å²) in [5.41, 5.74) is 1.36. The lowest BCUT2D eigenvalue weighted by Crippen LogP contribution is -2.45. The predicted molar refractivity (Wildman–Crippen MR) is 113 cm³/mol. The quantitative estimate of drug-likeness (QED) is 0.587. The Kier molecular flexibility index (Phi) is 7.96. The Hall–Kier alpha value is -2.91. The summed E-state index contributed by atoms with van der Waals surface area (Å²) in [4.78, 5) is 24.7. The number of sulfonamides is 1. The van der Waals surface area contributed by atoms with E-state index in [4.69, 9.17) is 9.47 Å². The first-order valence-electron chi connectivity index (χ1n) is 9.32. The molecule has 2 aromatic carbocycles. The highest BCUT2D eigenvalue weighted by Crippen LogP contribution is 2.25. The van der Waals surface area contributed by atoms with E-state index < -0.39 is 40.5 Å². The summed E-state index contributed by atoms with van der Waals surface area (Å²) in [5.74, 6) is -1.33. The van der Waals surface area contributed by atoms with Crippen molar-refractivity contribution in [1.29, 1.82) is 0 Å². The topological polar surface area (TPSA) is 111 Å². The molecule has 2 aromatic rings. The molecule has 0 aliphatic carbocycles. The second-order valence-corrected chi connectivity index (χ2v) is 8.73. The smallest absolute Gasteiger partial charge is 0.324 e. The van der Waals surface area contributed by atoms with E-state index in [1.165, 1.54) is 19.2 Å². The SMILES string of the molecule is COc1ccc(C)cc1NC(=O)COC(=O)[C@H](NS(=O)(=O)c1ccccc1)C(C)C. The standard InChI is InChI=1S/C21H26N2O6S/c1-14(2)20(23-30(26,27)16-8-6-5-7-9-16)21(25)29-13-19(24)22-17-12-15(3)10-11-18(17)28-4/h5-12,14,20,23H,13H2,1-4H3,(H,22,24)/t20-/m1/s1. The summed E-state index contributed by atoms with van der Waals surface area (Å²) in [7, 11) is -2.44. The highest BCUT2D eigenvalue weighted by molar-refractivity contribution is 7.89. The highest BCUT2D eigenvalue weighted by atomic mass is 32.2. The average molecular weight is 435 g/mol. The van der Waals surface area contributed by atoms with Crippen LogP contribution in [0.15, 0.2) is 53.4 Å². The van der Waals surface area contributed by atoms with Crippen LogP contribution < -0.4 is 14.8 Å². The fourth-order valence-electron chi connectivity index (χ4n) is 2.62. The van der Waals surface area contributed by atoms with E-state index in [1.54, 1.807) is 44.2 Å². The average Bonchev–Trinajstić information content (AvgIpc) is 2.71. The van der Waals surface area contributed by atoms with E-state index >= 15 is 0 Å². The van der Waals surface area contributed by atoms with Gasteiger partial charge in [-0.3, -0.25) is 9.59 Å². The highest BCUT2D eigenvalue weighted by Gasteiger charge is 2.30. The molecule has 8 nitrogen and oxygen atoms in total. The number of carbonyl (C=O) groups is 2. The fraction of sp³-hybridized carbons (Fsp3) is 0.333. The van der Waals surface area contributed by atoms with E-state index in [-0.39, 0.29) is 4.90 Å². The van der Waals surface area contributed by atoms with Gasteiger partial charge >= 0.3 is 5.97 Å². The Bertz CT molecular complexity index is 990. The molecule has 0 aliphatic rings. The van der Waals surface area contributed by atoms with E-state index in [1.807, 2.05) is 13.0 Å². The van der Waals surface area contributed by atoms with Gasteiger partial charge in [0.2, 0.25) is 10.0 Å². The lowest BCUT2D eigenvalue weighted by Gasteiger charge is -2.20. The Morgan fingerprint density at radius 3 is 2.33 bits per heavy atom. The minimum absolute atomic E-state index is 0.0349. The number of methoxy groups -OCH3 is 1. The van der Waals surface area contributed by atoms with Crippen LogP contribution in [0, 0.1) is 12.8 Å². The van der Waals surface area contributed by atoms with Crippen LogP contribution in [0.4, 0.5) is 5.69 Å². The van der Waals surface area contributed by atoms with Crippen LogP contribution in [0.25, 0.3) is 0 Å². The van der Waals surface area contributed by atoms with Gasteiger partial charge in [0.05, 0.1) is 17.7 Å². The van der Waals surface area contributed by atoms with Crippen molar-refractivity contribution in [2.75, 3.05) is 19.0 Å². The molecule has 0 saturated heterocycles. The zero-order valence-electron chi connectivity index (χ0n) is 17.3. The minimum Gasteiger partial charge on any atom is -0.495 e. The first-order chi connectivity index (χ1) is 14.1. The van der Waals surface area contributed by atoms with Crippen LogP contribution in [0.2, 0.25) is 0 Å². The van der Waals surface area contributed by atoms with Crippen molar-refractivity contribution in [1.82, 2.24) is 4.72 Å². The second-order valence-electron chi connectivity index (χ2n) is 7.02. The maximum atomic E-state index is 12.5.